The van der Waals surface area contributed by atoms with Crippen LogP contribution in [0, 0.1) is 6.92 Å². The second-order valence-electron chi connectivity index (χ2n) is 4.70. The summed E-state index contributed by atoms with van der Waals surface area (Å²) >= 11 is 6.99. The topological polar surface area (TPSA) is 72.2 Å². The average molecular weight is 309 g/mol. The van der Waals surface area contributed by atoms with E-state index in [0.717, 1.165) is 42.6 Å². The Morgan fingerprint density at radius 1 is 1.44 bits per heavy atom. The van der Waals surface area contributed by atoms with Gasteiger partial charge in [-0.05, 0) is 31.4 Å². The lowest BCUT2D eigenvalue weighted by Crippen LogP contribution is -2.49. The van der Waals surface area contributed by atoms with Crippen molar-refractivity contribution in [3.63, 3.8) is 0 Å². The number of aryl methyl sites for hydroxylation is 1. The molecule has 4 nitrogen and oxygen atoms in total. The van der Waals surface area contributed by atoms with Gasteiger partial charge in [-0.25, -0.2) is 13.1 Å². The number of rotatable bonds is 3. The molecule has 0 radical (unpaired) electrons. The van der Waals surface area contributed by atoms with Crippen LogP contribution in [0.3, 0.4) is 0 Å². The Morgan fingerprint density at radius 2 is 2.11 bits per heavy atom. The number of halogens is 1. The monoisotopic (exact) mass is 308 g/mol. The predicted octanol–water partition coefficient (Wildman–Crippen LogP) is 2.26. The highest BCUT2D eigenvalue weighted by molar-refractivity contribution is 7.91. The van der Waals surface area contributed by atoms with Crippen LogP contribution in [-0.2, 0) is 10.0 Å². The van der Waals surface area contributed by atoms with E-state index in [1.807, 2.05) is 0 Å². The van der Waals surface area contributed by atoms with E-state index in [4.69, 9.17) is 17.3 Å². The minimum Gasteiger partial charge on any atom is -0.326 e. The van der Waals surface area contributed by atoms with Crippen LogP contribution in [0.2, 0.25) is 4.34 Å². The molecule has 1 saturated carbocycles. The Morgan fingerprint density at radius 3 is 2.67 bits per heavy atom. The Balaban J connectivity index is 2.16. The summed E-state index contributed by atoms with van der Waals surface area (Å²) in [5, 5.41) is 0. The Hall–Kier alpha value is -0.140. The van der Waals surface area contributed by atoms with Crippen LogP contribution in [0.25, 0.3) is 0 Å². The third-order valence-electron chi connectivity index (χ3n) is 3.23. The maximum Gasteiger partial charge on any atom is 0.250 e. The van der Waals surface area contributed by atoms with E-state index >= 15 is 0 Å². The molecule has 1 heterocycles. The summed E-state index contributed by atoms with van der Waals surface area (Å²) in [6.45, 7) is 1.80. The molecule has 0 spiro atoms. The molecule has 102 valence electrons. The molecule has 2 atom stereocenters. The molecule has 18 heavy (non-hydrogen) atoms. The van der Waals surface area contributed by atoms with E-state index in [2.05, 4.69) is 4.72 Å². The molecule has 1 aromatic rings. The van der Waals surface area contributed by atoms with Crippen molar-refractivity contribution in [2.75, 3.05) is 0 Å². The molecule has 1 fully saturated rings. The maximum atomic E-state index is 12.2. The molecule has 2 rings (SSSR count). The molecule has 0 bridgehead atoms. The van der Waals surface area contributed by atoms with Gasteiger partial charge < -0.3 is 5.73 Å². The summed E-state index contributed by atoms with van der Waals surface area (Å²) in [7, 11) is -3.49. The molecule has 7 heteroatoms. The highest BCUT2D eigenvalue weighted by Crippen LogP contribution is 2.30. The average Bonchev–Trinajstić information content (AvgIpc) is 2.63. The van der Waals surface area contributed by atoms with Crippen LogP contribution in [0.15, 0.2) is 10.3 Å². The van der Waals surface area contributed by atoms with Crippen molar-refractivity contribution >= 4 is 33.0 Å². The quantitative estimate of drug-likeness (QED) is 0.899. The largest absolute Gasteiger partial charge is 0.326 e. The van der Waals surface area contributed by atoms with E-state index in [0.29, 0.717) is 4.34 Å². The van der Waals surface area contributed by atoms with E-state index in [1.165, 1.54) is 0 Å². The molecule has 0 unspecified atom stereocenters. The van der Waals surface area contributed by atoms with Gasteiger partial charge in [-0.15, -0.1) is 11.3 Å². The molecule has 3 N–H and O–H groups in total. The van der Waals surface area contributed by atoms with Gasteiger partial charge in [-0.3, -0.25) is 0 Å². The first-order chi connectivity index (χ1) is 8.40. The van der Waals surface area contributed by atoms with Gasteiger partial charge in [0.2, 0.25) is 10.0 Å². The summed E-state index contributed by atoms with van der Waals surface area (Å²) in [6.07, 6.45) is 3.77. The highest BCUT2D eigenvalue weighted by Gasteiger charge is 2.28. The van der Waals surface area contributed by atoms with Gasteiger partial charge >= 0.3 is 0 Å². The fourth-order valence-corrected chi connectivity index (χ4v) is 5.17. The standard InChI is InChI=1S/C11H17ClN2O2S2/c1-7-6-10(17-11(7)12)18(15,16)14-9-5-3-2-4-8(9)13/h6,8-9,14H,2-5,13H2,1H3/t8-,9-/m1/s1. The number of hydrogen-bond acceptors (Lipinski definition) is 4. The lowest BCUT2D eigenvalue weighted by Gasteiger charge is -2.28. The van der Waals surface area contributed by atoms with Crippen LogP contribution < -0.4 is 10.5 Å². The van der Waals surface area contributed by atoms with Crippen molar-refractivity contribution in [1.82, 2.24) is 4.72 Å². The smallest absolute Gasteiger partial charge is 0.250 e. The molecule has 0 aromatic carbocycles. The number of sulfonamides is 1. The van der Waals surface area contributed by atoms with Crippen molar-refractivity contribution in [2.45, 2.75) is 48.9 Å². The van der Waals surface area contributed by atoms with Crippen molar-refractivity contribution < 1.29 is 8.42 Å². The number of nitrogens with two attached hydrogens (primary N) is 1. The minimum absolute atomic E-state index is 0.0925. The lowest BCUT2D eigenvalue weighted by molar-refractivity contribution is 0.361. The first kappa shape index (κ1) is 14.3. The van der Waals surface area contributed by atoms with E-state index < -0.39 is 10.0 Å². The fourth-order valence-electron chi connectivity index (χ4n) is 2.13. The number of thiophene rings is 1. The van der Waals surface area contributed by atoms with Gasteiger partial charge in [-0.1, -0.05) is 24.4 Å². The van der Waals surface area contributed by atoms with E-state index in [9.17, 15) is 8.42 Å². The fraction of sp³-hybridized carbons (Fsp3) is 0.636. The maximum absolute atomic E-state index is 12.2. The second-order valence-corrected chi connectivity index (χ2v) is 8.29. The molecule has 1 aliphatic carbocycles. The van der Waals surface area contributed by atoms with Gasteiger partial charge in [0.15, 0.2) is 0 Å². The zero-order valence-corrected chi connectivity index (χ0v) is 12.5. The first-order valence-corrected chi connectivity index (χ1v) is 8.62. The molecule has 1 aliphatic rings. The van der Waals surface area contributed by atoms with Crippen molar-refractivity contribution in [3.8, 4) is 0 Å². The second kappa shape index (κ2) is 5.46. The van der Waals surface area contributed by atoms with Crippen molar-refractivity contribution in [3.05, 3.63) is 16.0 Å². The van der Waals surface area contributed by atoms with Gasteiger partial charge in [0.05, 0.1) is 4.34 Å². The van der Waals surface area contributed by atoms with Gasteiger partial charge in [-0.2, -0.15) is 0 Å². The number of hydrogen-bond donors (Lipinski definition) is 2. The van der Waals surface area contributed by atoms with Gasteiger partial charge in [0.25, 0.3) is 0 Å². The number of nitrogens with one attached hydrogen (secondary N) is 1. The Kier molecular flexibility index (Phi) is 4.33. The molecule has 0 aliphatic heterocycles. The van der Waals surface area contributed by atoms with Gasteiger partial charge in [0.1, 0.15) is 4.21 Å². The summed E-state index contributed by atoms with van der Waals surface area (Å²) in [5.41, 5.74) is 6.74. The highest BCUT2D eigenvalue weighted by atomic mass is 35.5. The van der Waals surface area contributed by atoms with Crippen molar-refractivity contribution in [2.24, 2.45) is 5.73 Å². The predicted molar refractivity (Wildman–Crippen MR) is 74.6 cm³/mol. The Labute approximate surface area is 117 Å². The van der Waals surface area contributed by atoms with Crippen LogP contribution >= 0.6 is 22.9 Å². The first-order valence-electron chi connectivity index (χ1n) is 5.94. The van der Waals surface area contributed by atoms with Crippen LogP contribution in [-0.4, -0.2) is 20.5 Å². The van der Waals surface area contributed by atoms with Crippen LogP contribution in [0.5, 0.6) is 0 Å². The lowest BCUT2D eigenvalue weighted by atomic mass is 9.92. The summed E-state index contributed by atoms with van der Waals surface area (Å²) in [5.74, 6) is 0. The molecule has 1 aromatic heterocycles. The van der Waals surface area contributed by atoms with Crippen LogP contribution in [0.4, 0.5) is 0 Å². The third kappa shape index (κ3) is 3.05. The summed E-state index contributed by atoms with van der Waals surface area (Å²) in [6, 6.07) is 1.35. The molecular weight excluding hydrogens is 292 g/mol. The Bertz CT molecular complexity index is 508. The van der Waals surface area contributed by atoms with E-state index in [1.54, 1.807) is 13.0 Å². The van der Waals surface area contributed by atoms with Gasteiger partial charge in [0, 0.05) is 12.1 Å². The SMILES string of the molecule is Cc1cc(S(=O)(=O)N[C@@H]2CCCC[C@H]2N)sc1Cl. The third-order valence-corrected chi connectivity index (χ3v) is 6.74. The summed E-state index contributed by atoms with van der Waals surface area (Å²) in [4.78, 5) is 0. The summed E-state index contributed by atoms with van der Waals surface area (Å²) < 4.78 is 27.9. The van der Waals surface area contributed by atoms with Crippen LogP contribution in [0.1, 0.15) is 31.2 Å². The normalized spacial score (nSPS) is 25.3. The molecular formula is C11H17ClN2O2S2. The molecule has 0 amide bonds. The zero-order valence-electron chi connectivity index (χ0n) is 10.1. The zero-order chi connectivity index (χ0) is 13.3. The van der Waals surface area contributed by atoms with Crippen molar-refractivity contribution in [1.29, 1.82) is 0 Å². The van der Waals surface area contributed by atoms with E-state index in [-0.39, 0.29) is 16.3 Å². The molecule has 0 saturated heterocycles. The minimum atomic E-state index is -3.49.